The third-order valence-corrected chi connectivity index (χ3v) is 22.2. The summed E-state index contributed by atoms with van der Waals surface area (Å²) in [5, 5.41) is 6.36. The molecule has 0 aliphatic carbocycles. The number of carbonyl (C=O) groups is 2. The van der Waals surface area contributed by atoms with Crippen molar-refractivity contribution in [2.45, 2.75) is 188 Å². The van der Waals surface area contributed by atoms with Gasteiger partial charge in [-0.15, -0.1) is 11.3 Å². The Morgan fingerprint density at radius 2 is 1.59 bits per heavy atom. The van der Waals surface area contributed by atoms with E-state index < -0.39 is 28.2 Å². The minimum Gasteiger partial charge on any atom is -0.413 e. The fraction of sp³-hybridized carbons (Fsp3) is 0.821. The first-order chi connectivity index (χ1) is 22.1. The van der Waals surface area contributed by atoms with Crippen molar-refractivity contribution >= 4 is 45.7 Å². The molecule has 0 unspecified atom stereocenters. The second-order valence-corrected chi connectivity index (χ2v) is 29.7. The van der Waals surface area contributed by atoms with Gasteiger partial charge in [0.1, 0.15) is 5.78 Å². The molecule has 0 radical (unpaired) electrons. The Kier molecular flexibility index (Phi) is 13.0. The number of hydrogen-bond donors (Lipinski definition) is 1. The summed E-state index contributed by atoms with van der Waals surface area (Å²) in [6.07, 6.45) is 4.97. The summed E-state index contributed by atoms with van der Waals surface area (Å²) >= 11 is 1.62. The van der Waals surface area contributed by atoms with Gasteiger partial charge in [-0.25, -0.2) is 4.98 Å². The predicted octanol–water partition coefficient (Wildman–Crippen LogP) is 10.1. The van der Waals surface area contributed by atoms with Gasteiger partial charge >= 0.3 is 0 Å². The van der Waals surface area contributed by atoms with Crippen LogP contribution in [0.1, 0.15) is 126 Å². The zero-order valence-electron chi connectivity index (χ0n) is 34.1. The van der Waals surface area contributed by atoms with Crippen LogP contribution in [-0.4, -0.2) is 63.3 Å². The molecule has 3 rings (SSSR count). The molecule has 2 aliphatic rings. The van der Waals surface area contributed by atoms with E-state index in [1.807, 2.05) is 20.8 Å². The van der Waals surface area contributed by atoms with Crippen LogP contribution in [0.25, 0.3) is 6.08 Å². The van der Waals surface area contributed by atoms with Crippen molar-refractivity contribution in [3.8, 4) is 0 Å². The minimum atomic E-state index is -2.38. The quantitative estimate of drug-likeness (QED) is 0.231. The van der Waals surface area contributed by atoms with Gasteiger partial charge in [-0.2, -0.15) is 0 Å². The van der Waals surface area contributed by atoms with Gasteiger partial charge in [0.15, 0.2) is 16.6 Å². The molecular formula is C39H70N2O5SSi2. The third kappa shape index (κ3) is 10.2. The number of nitrogens with zero attached hydrogens (tertiary/aromatic N) is 1. The molecule has 1 aromatic heterocycles. The van der Waals surface area contributed by atoms with Crippen molar-refractivity contribution < 1.29 is 23.2 Å². The Labute approximate surface area is 305 Å². The molecule has 1 aromatic rings. The number of aryl methyl sites for hydroxylation is 1. The van der Waals surface area contributed by atoms with Crippen molar-refractivity contribution in [2.75, 3.05) is 0 Å². The summed E-state index contributed by atoms with van der Waals surface area (Å²) in [7, 11) is -4.58. The smallest absolute Gasteiger partial charge is 0.223 e. The Morgan fingerprint density at radius 3 is 2.12 bits per heavy atom. The molecule has 1 N–H and O–H groups in total. The highest BCUT2D eigenvalue weighted by molar-refractivity contribution is 7.09. The van der Waals surface area contributed by atoms with E-state index in [0.29, 0.717) is 6.42 Å². The molecule has 3 heterocycles. The van der Waals surface area contributed by atoms with Crippen molar-refractivity contribution in [3.05, 3.63) is 21.7 Å². The lowest BCUT2D eigenvalue weighted by molar-refractivity contribution is -0.142. The summed E-state index contributed by atoms with van der Waals surface area (Å²) in [5.74, 6) is -0.183. The third-order valence-electron chi connectivity index (χ3n) is 12.5. The highest BCUT2D eigenvalue weighted by atomic mass is 32.1. The Balaban J connectivity index is 2.08. The summed E-state index contributed by atoms with van der Waals surface area (Å²) in [6, 6.07) is -0.221. The second kappa shape index (κ2) is 15.1. The van der Waals surface area contributed by atoms with Crippen LogP contribution in [0, 0.1) is 24.2 Å². The topological polar surface area (TPSA) is 90.1 Å². The zero-order chi connectivity index (χ0) is 37.5. The van der Waals surface area contributed by atoms with Gasteiger partial charge in [0, 0.05) is 23.1 Å². The first kappa shape index (κ1) is 42.2. The van der Waals surface area contributed by atoms with Gasteiger partial charge in [-0.05, 0) is 87.4 Å². The number of hydrogen-bond acceptors (Lipinski definition) is 7. The normalized spacial score (nSPS) is 31.7. The first-order valence-electron chi connectivity index (χ1n) is 18.6. The van der Waals surface area contributed by atoms with Crippen LogP contribution in [0.15, 0.2) is 11.0 Å². The minimum absolute atomic E-state index is 0.0102. The van der Waals surface area contributed by atoms with Gasteiger partial charge in [0.05, 0.1) is 47.1 Å². The molecule has 2 fully saturated rings. The van der Waals surface area contributed by atoms with E-state index in [1.165, 1.54) is 0 Å². The van der Waals surface area contributed by atoms with E-state index in [9.17, 15) is 9.59 Å². The Bertz CT molecular complexity index is 1360. The number of ether oxygens (including phenoxy) is 1. The van der Waals surface area contributed by atoms with Crippen molar-refractivity contribution in [3.63, 3.8) is 0 Å². The van der Waals surface area contributed by atoms with Crippen LogP contribution in [0.2, 0.25) is 36.3 Å². The van der Waals surface area contributed by atoms with Gasteiger partial charge in [-0.1, -0.05) is 75.7 Å². The maximum absolute atomic E-state index is 14.9. The molecule has 2 aliphatic heterocycles. The number of rotatable bonds is 6. The number of aromatic nitrogens is 1. The fourth-order valence-electron chi connectivity index (χ4n) is 6.62. The number of nitrogens with one attached hydrogen (secondary N) is 1. The molecule has 10 heteroatoms. The molecule has 0 bridgehead atoms. The van der Waals surface area contributed by atoms with E-state index in [4.69, 9.17) is 13.6 Å². The van der Waals surface area contributed by atoms with E-state index in [2.05, 4.69) is 117 Å². The first-order valence-corrected chi connectivity index (χ1v) is 25.3. The number of thiazole rings is 1. The van der Waals surface area contributed by atoms with E-state index in [0.717, 1.165) is 35.5 Å². The van der Waals surface area contributed by atoms with Crippen LogP contribution in [0.3, 0.4) is 0 Å². The second-order valence-electron chi connectivity index (χ2n) is 19.1. The van der Waals surface area contributed by atoms with Crippen molar-refractivity contribution in [2.24, 2.45) is 17.3 Å². The van der Waals surface area contributed by atoms with Gasteiger partial charge in [-0.3, -0.25) is 9.59 Å². The van der Waals surface area contributed by atoms with Gasteiger partial charge in [0.2, 0.25) is 5.91 Å². The monoisotopic (exact) mass is 734 g/mol. The van der Waals surface area contributed by atoms with Crippen LogP contribution in [-0.2, 0) is 23.2 Å². The SMILES string of the molecule is CC(=Cc1csc(C)n1)[C@@H]1C[C@@H]2O[C@]2(C)CCC[C@H](C)[C@H](O[Si](C)(C)C(C)(C)C)[C@@H](C)C(=O)C(C)(C)[C@@H](O[Si](C)(C)C(C)(C)C)CC(=O)N1. The average Bonchev–Trinajstić information content (AvgIpc) is 3.39. The number of carbonyl (C=O) groups excluding carboxylic acids is 2. The summed E-state index contributed by atoms with van der Waals surface area (Å²) in [5.41, 5.74) is 0.797. The average molecular weight is 735 g/mol. The van der Waals surface area contributed by atoms with Crippen LogP contribution < -0.4 is 5.32 Å². The highest BCUT2D eigenvalue weighted by Gasteiger charge is 2.53. The van der Waals surface area contributed by atoms with E-state index >= 15 is 0 Å². The number of amides is 1. The fourth-order valence-corrected chi connectivity index (χ4v) is 10.1. The molecule has 49 heavy (non-hydrogen) atoms. The zero-order valence-corrected chi connectivity index (χ0v) is 36.9. The summed E-state index contributed by atoms with van der Waals surface area (Å²) < 4.78 is 20.6. The molecule has 7 nitrogen and oxygen atoms in total. The number of ketones is 1. The lowest BCUT2D eigenvalue weighted by Gasteiger charge is -2.46. The summed E-state index contributed by atoms with van der Waals surface area (Å²) in [6.45, 7) is 36.9. The van der Waals surface area contributed by atoms with Crippen molar-refractivity contribution in [1.82, 2.24) is 10.3 Å². The van der Waals surface area contributed by atoms with Crippen LogP contribution in [0.4, 0.5) is 0 Å². The number of fused-ring (bicyclic) bond motifs is 1. The van der Waals surface area contributed by atoms with Crippen molar-refractivity contribution in [1.29, 1.82) is 0 Å². The maximum Gasteiger partial charge on any atom is 0.223 e. The Morgan fingerprint density at radius 1 is 1.02 bits per heavy atom. The number of epoxide rings is 1. The lowest BCUT2D eigenvalue weighted by atomic mass is 9.72. The molecule has 0 aromatic carbocycles. The van der Waals surface area contributed by atoms with Crippen LogP contribution in [0.5, 0.6) is 0 Å². The molecule has 1 amide bonds. The molecular weight excluding hydrogens is 665 g/mol. The molecule has 2 saturated heterocycles. The van der Waals surface area contributed by atoms with E-state index in [1.54, 1.807) is 11.3 Å². The standard InChI is InChI=1S/C39H70N2O5SSi2/c1-25-19-18-20-39(13)32(44-39)22-30(26(2)21-29-24-47-28(4)40-29)41-33(42)23-31(45-48(14,15)36(5,6)7)38(11,12)35(43)27(3)34(25)46-49(16,17)37(8,9)10/h21,24-25,27,30-32,34H,18-20,22-23H2,1-17H3,(H,41,42)/t25-,27+,30-,31-,32-,34-,39+/m0/s1. The molecule has 0 spiro atoms. The number of Topliss-reactive ketones (excluding diaryl/α,β-unsaturated/α-hetero) is 1. The van der Waals surface area contributed by atoms with Gasteiger partial charge in [0.25, 0.3) is 0 Å². The predicted molar refractivity (Wildman–Crippen MR) is 210 cm³/mol. The van der Waals surface area contributed by atoms with Crippen LogP contribution >= 0.6 is 11.3 Å². The van der Waals surface area contributed by atoms with Gasteiger partial charge < -0.3 is 18.9 Å². The lowest BCUT2D eigenvalue weighted by Crippen LogP contribution is -2.55. The molecule has 7 atom stereocenters. The molecule has 0 saturated carbocycles. The largest absolute Gasteiger partial charge is 0.413 e. The Hall–Kier alpha value is -1.18. The highest BCUT2D eigenvalue weighted by Crippen LogP contribution is 2.47. The van der Waals surface area contributed by atoms with E-state index in [-0.39, 0.29) is 63.9 Å². The summed E-state index contributed by atoms with van der Waals surface area (Å²) in [4.78, 5) is 33.7. The molecule has 280 valence electrons. The maximum atomic E-state index is 14.9.